The van der Waals surface area contributed by atoms with Crippen LogP contribution in [0.15, 0.2) is 82.0 Å². The van der Waals surface area contributed by atoms with E-state index in [9.17, 15) is 9.59 Å². The second-order valence-electron chi connectivity index (χ2n) is 9.03. The van der Waals surface area contributed by atoms with Crippen LogP contribution in [0.5, 0.6) is 0 Å². The minimum atomic E-state index is -0.271. The van der Waals surface area contributed by atoms with E-state index in [-0.39, 0.29) is 16.9 Å². The van der Waals surface area contributed by atoms with E-state index >= 15 is 0 Å². The molecule has 0 saturated carbocycles. The predicted octanol–water partition coefficient (Wildman–Crippen LogP) is 5.20. The number of carbonyl (C=O) groups excluding carboxylic acids is 1. The van der Waals surface area contributed by atoms with Crippen LogP contribution in [0.25, 0.3) is 33.3 Å². The lowest BCUT2D eigenvalue weighted by atomic mass is 10.0. The van der Waals surface area contributed by atoms with Crippen molar-refractivity contribution >= 4 is 39.5 Å². The van der Waals surface area contributed by atoms with Gasteiger partial charge in [0.25, 0.3) is 5.91 Å². The SMILES string of the molecule is Cc1c(-c2ccccc2)oc2c(C(=O)N3CCCN(C)c4nc5ccccc5nc43)cccc2c1=O. The predicted molar refractivity (Wildman–Crippen MR) is 142 cm³/mol. The highest BCUT2D eigenvalue weighted by atomic mass is 16.3. The first-order valence-corrected chi connectivity index (χ1v) is 11.9. The van der Waals surface area contributed by atoms with Crippen molar-refractivity contribution in [2.24, 2.45) is 0 Å². The summed E-state index contributed by atoms with van der Waals surface area (Å²) >= 11 is 0. The molecular formula is C29H24N4O3. The lowest BCUT2D eigenvalue weighted by Gasteiger charge is -2.23. The van der Waals surface area contributed by atoms with Crippen LogP contribution in [-0.4, -0.2) is 36.0 Å². The fourth-order valence-corrected chi connectivity index (χ4v) is 4.78. The first-order chi connectivity index (χ1) is 17.5. The number of anilines is 2. The lowest BCUT2D eigenvalue weighted by Crippen LogP contribution is -2.32. The Hall–Kier alpha value is -4.52. The van der Waals surface area contributed by atoms with Crippen molar-refractivity contribution in [1.29, 1.82) is 0 Å². The highest BCUT2D eigenvalue weighted by Gasteiger charge is 2.29. The average Bonchev–Trinajstić information content (AvgIpc) is 3.07. The maximum Gasteiger partial charge on any atom is 0.263 e. The summed E-state index contributed by atoms with van der Waals surface area (Å²) < 4.78 is 6.32. The summed E-state index contributed by atoms with van der Waals surface area (Å²) in [6, 6.07) is 22.3. The Bertz CT molecular complexity index is 1690. The number of aromatic nitrogens is 2. The number of carbonyl (C=O) groups is 1. The summed E-state index contributed by atoms with van der Waals surface area (Å²) in [4.78, 5) is 40.7. The summed E-state index contributed by atoms with van der Waals surface area (Å²) in [5.41, 5.74) is 3.25. The summed E-state index contributed by atoms with van der Waals surface area (Å²) in [5, 5.41) is 0.384. The number of hydrogen-bond acceptors (Lipinski definition) is 6. The van der Waals surface area contributed by atoms with Gasteiger partial charge in [-0.3, -0.25) is 14.5 Å². The number of amides is 1. The highest BCUT2D eigenvalue weighted by molar-refractivity contribution is 6.13. The molecule has 5 aromatic rings. The number of nitrogens with zero attached hydrogens (tertiary/aromatic N) is 4. The van der Waals surface area contributed by atoms with E-state index in [0.717, 1.165) is 29.6 Å². The van der Waals surface area contributed by atoms with Crippen LogP contribution in [0, 0.1) is 6.92 Å². The van der Waals surface area contributed by atoms with Crippen LogP contribution in [-0.2, 0) is 0 Å². The highest BCUT2D eigenvalue weighted by Crippen LogP contribution is 2.33. The first-order valence-electron chi connectivity index (χ1n) is 11.9. The Labute approximate surface area is 207 Å². The van der Waals surface area contributed by atoms with Gasteiger partial charge in [0, 0.05) is 31.3 Å². The Kier molecular flexibility index (Phi) is 5.25. The molecule has 0 radical (unpaired) electrons. The Balaban J connectivity index is 1.55. The summed E-state index contributed by atoms with van der Waals surface area (Å²) in [6.45, 7) is 2.97. The Morgan fingerprint density at radius 2 is 1.56 bits per heavy atom. The molecule has 178 valence electrons. The number of para-hydroxylation sites is 3. The van der Waals surface area contributed by atoms with E-state index in [1.807, 2.05) is 66.5 Å². The van der Waals surface area contributed by atoms with E-state index in [2.05, 4.69) is 0 Å². The average molecular weight is 477 g/mol. The molecule has 0 saturated heterocycles. The first kappa shape index (κ1) is 22.0. The number of hydrogen-bond donors (Lipinski definition) is 0. The zero-order valence-electron chi connectivity index (χ0n) is 20.1. The van der Waals surface area contributed by atoms with Gasteiger partial charge in [-0.2, -0.15) is 0 Å². The lowest BCUT2D eigenvalue weighted by molar-refractivity contribution is 0.0987. The number of fused-ring (bicyclic) bond motifs is 3. The Morgan fingerprint density at radius 3 is 2.31 bits per heavy atom. The maximum atomic E-state index is 14.1. The van der Waals surface area contributed by atoms with Crippen molar-refractivity contribution < 1.29 is 9.21 Å². The zero-order valence-corrected chi connectivity index (χ0v) is 20.1. The van der Waals surface area contributed by atoms with Gasteiger partial charge in [0.05, 0.1) is 22.0 Å². The maximum absolute atomic E-state index is 14.1. The molecule has 7 nitrogen and oxygen atoms in total. The standard InChI is InChI=1S/C29H24N4O3/c1-18-24(34)20-12-8-13-21(26(20)36-25(18)19-10-4-3-5-11-19)29(35)33-17-9-16-32(2)27-28(33)31-23-15-7-6-14-22(23)30-27/h3-8,10-15H,9,16-17H2,1-2H3. The van der Waals surface area contributed by atoms with Gasteiger partial charge in [0.1, 0.15) is 5.76 Å². The molecule has 0 unspecified atom stereocenters. The van der Waals surface area contributed by atoms with Crippen LogP contribution in [0.2, 0.25) is 0 Å². The van der Waals surface area contributed by atoms with E-state index in [4.69, 9.17) is 14.4 Å². The fraction of sp³-hybridized carbons (Fsp3) is 0.172. The van der Waals surface area contributed by atoms with Gasteiger partial charge in [-0.15, -0.1) is 0 Å². The van der Waals surface area contributed by atoms with Crippen LogP contribution < -0.4 is 15.2 Å². The third-order valence-electron chi connectivity index (χ3n) is 6.68. The zero-order chi connectivity index (χ0) is 24.8. The van der Waals surface area contributed by atoms with Gasteiger partial charge < -0.3 is 9.32 Å². The van der Waals surface area contributed by atoms with Crippen LogP contribution in [0.1, 0.15) is 22.3 Å². The van der Waals surface area contributed by atoms with Gasteiger partial charge in [-0.05, 0) is 37.6 Å². The van der Waals surface area contributed by atoms with Crippen molar-refractivity contribution in [3.8, 4) is 11.3 Å². The molecule has 0 atom stereocenters. The molecule has 7 heteroatoms. The second-order valence-corrected chi connectivity index (χ2v) is 9.03. The van der Waals surface area contributed by atoms with Crippen molar-refractivity contribution in [2.45, 2.75) is 13.3 Å². The molecule has 2 aromatic heterocycles. The smallest absolute Gasteiger partial charge is 0.263 e. The molecule has 0 bridgehead atoms. The molecule has 6 rings (SSSR count). The number of rotatable bonds is 2. The molecular weight excluding hydrogens is 452 g/mol. The number of benzene rings is 3. The van der Waals surface area contributed by atoms with Gasteiger partial charge in [0.15, 0.2) is 22.6 Å². The molecule has 1 aliphatic heterocycles. The molecule has 0 fully saturated rings. The van der Waals surface area contributed by atoms with Crippen LogP contribution >= 0.6 is 0 Å². The molecule has 1 aliphatic rings. The van der Waals surface area contributed by atoms with Crippen molar-refractivity contribution in [3.63, 3.8) is 0 Å². The van der Waals surface area contributed by atoms with Gasteiger partial charge in [-0.1, -0.05) is 48.5 Å². The minimum Gasteiger partial charge on any atom is -0.455 e. The third kappa shape index (κ3) is 3.51. The monoisotopic (exact) mass is 476 g/mol. The van der Waals surface area contributed by atoms with Crippen molar-refractivity contribution in [1.82, 2.24) is 9.97 Å². The third-order valence-corrected chi connectivity index (χ3v) is 6.68. The van der Waals surface area contributed by atoms with Gasteiger partial charge in [-0.25, -0.2) is 9.97 Å². The van der Waals surface area contributed by atoms with E-state index in [1.165, 1.54) is 0 Å². The quantitative estimate of drug-likeness (QED) is 0.349. The second kappa shape index (κ2) is 8.61. The van der Waals surface area contributed by atoms with Crippen LogP contribution in [0.3, 0.4) is 0 Å². The van der Waals surface area contributed by atoms with E-state index < -0.39 is 0 Å². The molecule has 3 heterocycles. The topological polar surface area (TPSA) is 79.5 Å². The van der Waals surface area contributed by atoms with E-state index in [0.29, 0.717) is 40.5 Å². The molecule has 0 spiro atoms. The summed E-state index contributed by atoms with van der Waals surface area (Å²) in [7, 11) is 1.96. The minimum absolute atomic E-state index is 0.147. The summed E-state index contributed by atoms with van der Waals surface area (Å²) in [6.07, 6.45) is 0.750. The van der Waals surface area contributed by atoms with E-state index in [1.54, 1.807) is 30.0 Å². The summed E-state index contributed by atoms with van der Waals surface area (Å²) in [5.74, 6) is 1.36. The van der Waals surface area contributed by atoms with Crippen LogP contribution in [0.4, 0.5) is 11.6 Å². The normalized spacial score (nSPS) is 13.6. The van der Waals surface area contributed by atoms with Crippen molar-refractivity contribution in [3.05, 3.63) is 94.1 Å². The molecule has 1 amide bonds. The molecule has 36 heavy (non-hydrogen) atoms. The molecule has 0 N–H and O–H groups in total. The van der Waals surface area contributed by atoms with Gasteiger partial charge >= 0.3 is 0 Å². The molecule has 3 aromatic carbocycles. The van der Waals surface area contributed by atoms with Gasteiger partial charge in [0.2, 0.25) is 0 Å². The Morgan fingerprint density at radius 1 is 0.861 bits per heavy atom. The fourth-order valence-electron chi connectivity index (χ4n) is 4.78. The van der Waals surface area contributed by atoms with Crippen molar-refractivity contribution in [2.75, 3.05) is 29.9 Å². The largest absolute Gasteiger partial charge is 0.455 e. The molecule has 0 aliphatic carbocycles.